The Kier molecular flexibility index (Phi) is 3.99. The molecule has 1 amide bonds. The molecule has 0 radical (unpaired) electrons. The second-order valence-corrected chi connectivity index (χ2v) is 3.20. The minimum absolute atomic E-state index is 0.172. The van der Waals surface area contributed by atoms with Gasteiger partial charge in [-0.15, -0.1) is 10.2 Å². The fourth-order valence-electron chi connectivity index (χ4n) is 1.10. The highest BCUT2D eigenvalue weighted by atomic mass is 16.1. The summed E-state index contributed by atoms with van der Waals surface area (Å²) in [5.41, 5.74) is 10.6. The maximum Gasteiger partial charge on any atom is 0.269 e. The third-order valence-electron chi connectivity index (χ3n) is 1.99. The van der Waals surface area contributed by atoms with E-state index in [-0.39, 0.29) is 5.69 Å². The van der Waals surface area contributed by atoms with Gasteiger partial charge >= 0.3 is 0 Å². The fourth-order valence-corrected chi connectivity index (χ4v) is 1.10. The third kappa shape index (κ3) is 3.17. The van der Waals surface area contributed by atoms with Crippen LogP contribution in [0, 0.1) is 0 Å². The third-order valence-corrected chi connectivity index (χ3v) is 1.99. The lowest BCUT2D eigenvalue weighted by molar-refractivity contribution is 0.0994. The lowest BCUT2D eigenvalue weighted by Crippen LogP contribution is -2.23. The van der Waals surface area contributed by atoms with Crippen LogP contribution >= 0.6 is 0 Å². The zero-order chi connectivity index (χ0) is 11.3. The summed E-state index contributed by atoms with van der Waals surface area (Å²) < 4.78 is 0. The van der Waals surface area contributed by atoms with Crippen molar-refractivity contribution in [2.24, 2.45) is 11.5 Å². The molecule has 0 unspecified atom stereocenters. The van der Waals surface area contributed by atoms with Crippen LogP contribution in [0.1, 0.15) is 16.9 Å². The highest BCUT2D eigenvalue weighted by Gasteiger charge is 2.05. The van der Waals surface area contributed by atoms with E-state index >= 15 is 0 Å². The van der Waals surface area contributed by atoms with Gasteiger partial charge < -0.3 is 16.4 Å². The highest BCUT2D eigenvalue weighted by molar-refractivity contribution is 5.90. The summed E-state index contributed by atoms with van der Waals surface area (Å²) in [6.07, 6.45) is 0.885. The monoisotopic (exact) mass is 209 g/mol. The standard InChI is InChI=1S/C9H15N5O/c1-14(6-2-5-10)8-4-3-7(9(11)15)12-13-8/h3-4H,2,5-6,10H2,1H3,(H2,11,15). The van der Waals surface area contributed by atoms with Crippen molar-refractivity contribution in [2.45, 2.75) is 6.42 Å². The summed E-state index contributed by atoms with van der Waals surface area (Å²) in [5.74, 6) is 0.132. The number of primary amides is 1. The van der Waals surface area contributed by atoms with Crippen molar-refractivity contribution in [3.63, 3.8) is 0 Å². The molecule has 1 aromatic heterocycles. The van der Waals surface area contributed by atoms with Crippen molar-refractivity contribution in [2.75, 3.05) is 25.0 Å². The Morgan fingerprint density at radius 2 is 2.20 bits per heavy atom. The molecular formula is C9H15N5O. The first kappa shape index (κ1) is 11.4. The Labute approximate surface area is 88.3 Å². The number of anilines is 1. The van der Waals surface area contributed by atoms with Crippen molar-refractivity contribution in [3.8, 4) is 0 Å². The molecule has 6 nitrogen and oxygen atoms in total. The number of carbonyl (C=O) groups excluding carboxylic acids is 1. The van der Waals surface area contributed by atoms with Crippen molar-refractivity contribution in [3.05, 3.63) is 17.8 Å². The number of hydrogen-bond acceptors (Lipinski definition) is 5. The van der Waals surface area contributed by atoms with Gasteiger partial charge in [-0.05, 0) is 25.1 Å². The van der Waals surface area contributed by atoms with Gasteiger partial charge in [0, 0.05) is 13.6 Å². The molecule has 0 bridgehead atoms. The summed E-state index contributed by atoms with van der Waals surface area (Å²) in [6, 6.07) is 3.27. The Morgan fingerprint density at radius 3 is 2.67 bits per heavy atom. The molecule has 1 rings (SSSR count). The second-order valence-electron chi connectivity index (χ2n) is 3.20. The zero-order valence-corrected chi connectivity index (χ0v) is 8.68. The first-order valence-corrected chi connectivity index (χ1v) is 4.70. The summed E-state index contributed by atoms with van der Waals surface area (Å²) in [4.78, 5) is 12.7. The van der Waals surface area contributed by atoms with Gasteiger partial charge in [-0.2, -0.15) is 0 Å². The molecule has 82 valence electrons. The predicted molar refractivity (Wildman–Crippen MR) is 57.5 cm³/mol. The maximum atomic E-state index is 10.7. The van der Waals surface area contributed by atoms with Gasteiger partial charge in [0.25, 0.3) is 5.91 Å². The van der Waals surface area contributed by atoms with E-state index < -0.39 is 5.91 Å². The van der Waals surface area contributed by atoms with Crippen LogP contribution in [0.2, 0.25) is 0 Å². The van der Waals surface area contributed by atoms with E-state index in [2.05, 4.69) is 10.2 Å². The lowest BCUT2D eigenvalue weighted by atomic mass is 10.3. The first-order valence-electron chi connectivity index (χ1n) is 4.70. The van der Waals surface area contributed by atoms with Crippen LogP contribution in [-0.2, 0) is 0 Å². The molecule has 0 aliphatic heterocycles. The van der Waals surface area contributed by atoms with E-state index in [0.717, 1.165) is 13.0 Å². The van der Waals surface area contributed by atoms with Gasteiger partial charge in [-0.25, -0.2) is 0 Å². The minimum Gasteiger partial charge on any atom is -0.364 e. The summed E-state index contributed by atoms with van der Waals surface area (Å²) in [5, 5.41) is 7.60. The van der Waals surface area contributed by atoms with Crippen LogP contribution in [0.3, 0.4) is 0 Å². The van der Waals surface area contributed by atoms with Crippen LogP contribution in [0.25, 0.3) is 0 Å². The van der Waals surface area contributed by atoms with Crippen molar-refractivity contribution in [1.29, 1.82) is 0 Å². The number of nitrogens with zero attached hydrogens (tertiary/aromatic N) is 3. The van der Waals surface area contributed by atoms with E-state index in [9.17, 15) is 4.79 Å². The quantitative estimate of drug-likeness (QED) is 0.672. The second kappa shape index (κ2) is 5.26. The van der Waals surface area contributed by atoms with Crippen LogP contribution in [0.5, 0.6) is 0 Å². The number of aromatic nitrogens is 2. The molecule has 0 aliphatic carbocycles. The number of amides is 1. The van der Waals surface area contributed by atoms with E-state index in [0.29, 0.717) is 12.4 Å². The zero-order valence-electron chi connectivity index (χ0n) is 8.68. The summed E-state index contributed by atoms with van der Waals surface area (Å²) in [6.45, 7) is 1.44. The van der Waals surface area contributed by atoms with E-state index in [1.165, 1.54) is 0 Å². The van der Waals surface area contributed by atoms with E-state index in [4.69, 9.17) is 11.5 Å². The molecule has 0 fully saturated rings. The molecule has 0 aliphatic rings. The largest absolute Gasteiger partial charge is 0.364 e. The molecular weight excluding hydrogens is 194 g/mol. The molecule has 0 saturated carbocycles. The molecule has 0 atom stereocenters. The number of carbonyl (C=O) groups is 1. The Morgan fingerprint density at radius 1 is 1.47 bits per heavy atom. The molecule has 15 heavy (non-hydrogen) atoms. The van der Waals surface area contributed by atoms with Crippen LogP contribution in [0.15, 0.2) is 12.1 Å². The Bertz CT molecular complexity index is 324. The summed E-state index contributed by atoms with van der Waals surface area (Å²) in [7, 11) is 1.89. The summed E-state index contributed by atoms with van der Waals surface area (Å²) >= 11 is 0. The van der Waals surface area contributed by atoms with Gasteiger partial charge in [-0.1, -0.05) is 0 Å². The molecule has 4 N–H and O–H groups in total. The first-order chi connectivity index (χ1) is 7.15. The molecule has 1 heterocycles. The van der Waals surface area contributed by atoms with Crippen molar-refractivity contribution >= 4 is 11.7 Å². The lowest BCUT2D eigenvalue weighted by Gasteiger charge is -2.16. The van der Waals surface area contributed by atoms with Crippen molar-refractivity contribution < 1.29 is 4.79 Å². The van der Waals surface area contributed by atoms with E-state index in [1.54, 1.807) is 12.1 Å². The SMILES string of the molecule is CN(CCCN)c1ccc(C(N)=O)nn1. The maximum absolute atomic E-state index is 10.7. The smallest absolute Gasteiger partial charge is 0.269 e. The predicted octanol–water partition coefficient (Wildman–Crippen LogP) is -0.639. The Hall–Kier alpha value is -1.69. The average molecular weight is 209 g/mol. The van der Waals surface area contributed by atoms with Crippen molar-refractivity contribution in [1.82, 2.24) is 10.2 Å². The van der Waals surface area contributed by atoms with Gasteiger partial charge in [0.1, 0.15) is 0 Å². The number of hydrogen-bond donors (Lipinski definition) is 2. The van der Waals surface area contributed by atoms with E-state index in [1.807, 2.05) is 11.9 Å². The molecule has 0 aromatic carbocycles. The molecule has 0 spiro atoms. The topological polar surface area (TPSA) is 98.1 Å². The highest BCUT2D eigenvalue weighted by Crippen LogP contribution is 2.07. The number of rotatable bonds is 5. The minimum atomic E-state index is -0.571. The van der Waals surface area contributed by atoms with Gasteiger partial charge in [-0.3, -0.25) is 4.79 Å². The van der Waals surface area contributed by atoms with Crippen LogP contribution < -0.4 is 16.4 Å². The van der Waals surface area contributed by atoms with Gasteiger partial charge in [0.15, 0.2) is 11.5 Å². The normalized spacial score (nSPS) is 10.0. The molecule has 6 heteroatoms. The van der Waals surface area contributed by atoms with Gasteiger partial charge in [0.05, 0.1) is 0 Å². The number of nitrogens with two attached hydrogens (primary N) is 2. The molecule has 1 aromatic rings. The van der Waals surface area contributed by atoms with Crippen LogP contribution in [0.4, 0.5) is 5.82 Å². The fraction of sp³-hybridized carbons (Fsp3) is 0.444. The Balaban J connectivity index is 2.66. The van der Waals surface area contributed by atoms with Gasteiger partial charge in [0.2, 0.25) is 0 Å². The average Bonchev–Trinajstić information content (AvgIpc) is 2.26. The molecule has 0 saturated heterocycles. The van der Waals surface area contributed by atoms with Crippen LogP contribution in [-0.4, -0.2) is 36.2 Å².